The molecule has 0 spiro atoms. The van der Waals surface area contributed by atoms with E-state index in [1.54, 1.807) is 14.2 Å². The van der Waals surface area contributed by atoms with Gasteiger partial charge in [0.2, 0.25) is 0 Å². The fraction of sp³-hybridized carbons (Fsp3) is 1.00. The molecule has 1 unspecified atom stereocenters. The zero-order valence-corrected chi connectivity index (χ0v) is 10.1. The third kappa shape index (κ3) is 1.21. The first-order chi connectivity index (χ1) is 8.35. The van der Waals surface area contributed by atoms with Crippen LogP contribution in [0, 0.1) is 29.6 Å². The van der Waals surface area contributed by atoms with Gasteiger partial charge >= 0.3 is 0 Å². The largest absolute Gasteiger partial charge is 0.356 e. The van der Waals surface area contributed by atoms with Crippen molar-refractivity contribution in [2.24, 2.45) is 29.6 Å². The summed E-state index contributed by atoms with van der Waals surface area (Å²) in [6, 6.07) is 0. The standard InChI is InChI=1S/C12H18O5/c1-13-10(14-2)9-7-5-3-15-11(7)17-12-8(9)6(5)4-16-12/h5-12H,3-4H2,1-2H3/t5-,6-,7-,8+,9?,11+,12-/m0/s1. The Morgan fingerprint density at radius 3 is 1.94 bits per heavy atom. The fourth-order valence-corrected chi connectivity index (χ4v) is 4.43. The van der Waals surface area contributed by atoms with Gasteiger partial charge in [0.05, 0.1) is 13.2 Å². The van der Waals surface area contributed by atoms with Gasteiger partial charge in [0.15, 0.2) is 18.9 Å². The van der Waals surface area contributed by atoms with Gasteiger partial charge in [0.25, 0.3) is 0 Å². The van der Waals surface area contributed by atoms with E-state index in [1.807, 2.05) is 0 Å². The minimum atomic E-state index is -0.171. The van der Waals surface area contributed by atoms with Crippen molar-refractivity contribution in [1.29, 1.82) is 0 Å². The van der Waals surface area contributed by atoms with Crippen molar-refractivity contribution in [2.45, 2.75) is 18.9 Å². The summed E-state index contributed by atoms with van der Waals surface area (Å²) in [5.74, 6) is 2.27. The zero-order chi connectivity index (χ0) is 11.6. The lowest BCUT2D eigenvalue weighted by Crippen LogP contribution is -2.47. The van der Waals surface area contributed by atoms with Crippen LogP contribution in [0.1, 0.15) is 0 Å². The summed E-state index contributed by atoms with van der Waals surface area (Å²) < 4.78 is 28.3. The van der Waals surface area contributed by atoms with Crippen LogP contribution in [0.25, 0.3) is 0 Å². The van der Waals surface area contributed by atoms with Gasteiger partial charge in [-0.05, 0) is 11.8 Å². The molecule has 0 amide bonds. The van der Waals surface area contributed by atoms with Gasteiger partial charge in [0, 0.05) is 32.0 Å². The van der Waals surface area contributed by atoms with Crippen molar-refractivity contribution in [2.75, 3.05) is 27.4 Å². The van der Waals surface area contributed by atoms with Gasteiger partial charge in [-0.2, -0.15) is 0 Å². The summed E-state index contributed by atoms with van der Waals surface area (Å²) in [6.45, 7) is 1.59. The molecule has 0 N–H and O–H groups in total. The maximum atomic E-state index is 5.87. The molecule has 3 aliphatic heterocycles. The molecular formula is C12H18O5. The zero-order valence-electron chi connectivity index (χ0n) is 10.1. The average molecular weight is 242 g/mol. The van der Waals surface area contributed by atoms with E-state index in [4.69, 9.17) is 23.7 Å². The number of methoxy groups -OCH3 is 2. The van der Waals surface area contributed by atoms with E-state index in [9.17, 15) is 0 Å². The number of fused-ring (bicyclic) bond motifs is 1. The third-order valence-corrected chi connectivity index (χ3v) is 5.01. The molecule has 4 aliphatic rings. The van der Waals surface area contributed by atoms with Crippen LogP contribution in [-0.2, 0) is 23.7 Å². The van der Waals surface area contributed by atoms with E-state index < -0.39 is 0 Å². The van der Waals surface area contributed by atoms with E-state index in [1.165, 1.54) is 0 Å². The molecule has 4 rings (SSSR count). The Labute approximate surface area is 100 Å². The fourth-order valence-electron chi connectivity index (χ4n) is 4.43. The molecule has 1 aliphatic carbocycles. The van der Waals surface area contributed by atoms with E-state index in [0.29, 0.717) is 29.6 Å². The summed E-state index contributed by atoms with van der Waals surface area (Å²) in [7, 11) is 3.41. The van der Waals surface area contributed by atoms with Crippen LogP contribution in [0.4, 0.5) is 0 Å². The molecule has 0 aromatic heterocycles. The lowest BCUT2D eigenvalue weighted by Gasteiger charge is -2.39. The Hall–Kier alpha value is -0.200. The molecular weight excluding hydrogens is 224 g/mol. The van der Waals surface area contributed by atoms with Gasteiger partial charge in [-0.15, -0.1) is 0 Å². The molecule has 0 aromatic carbocycles. The average Bonchev–Trinajstić information content (AvgIpc) is 2.96. The lowest BCUT2D eigenvalue weighted by molar-refractivity contribution is -0.298. The van der Waals surface area contributed by atoms with Crippen molar-refractivity contribution in [3.05, 3.63) is 0 Å². The quantitative estimate of drug-likeness (QED) is 0.672. The summed E-state index contributed by atoms with van der Waals surface area (Å²) in [5, 5.41) is 0. The van der Waals surface area contributed by atoms with Crippen LogP contribution < -0.4 is 0 Å². The summed E-state index contributed by atoms with van der Waals surface area (Å²) in [6.07, 6.45) is -0.413. The predicted octanol–water partition coefficient (Wildman–Crippen LogP) is 0.443. The topological polar surface area (TPSA) is 46.2 Å². The molecule has 0 aromatic rings. The summed E-state index contributed by atoms with van der Waals surface area (Å²) in [4.78, 5) is 0. The number of hydrogen-bond donors (Lipinski definition) is 0. The van der Waals surface area contributed by atoms with Gasteiger partial charge < -0.3 is 23.7 Å². The number of ether oxygens (including phenoxy) is 5. The van der Waals surface area contributed by atoms with Crippen molar-refractivity contribution >= 4 is 0 Å². The molecule has 2 bridgehead atoms. The van der Waals surface area contributed by atoms with Gasteiger partial charge in [-0.25, -0.2) is 0 Å². The molecule has 5 nitrogen and oxygen atoms in total. The maximum Gasteiger partial charge on any atom is 0.164 e. The first-order valence-corrected chi connectivity index (χ1v) is 6.29. The monoisotopic (exact) mass is 242 g/mol. The van der Waals surface area contributed by atoms with Gasteiger partial charge in [-0.1, -0.05) is 0 Å². The highest BCUT2D eigenvalue weighted by molar-refractivity contribution is 5.08. The summed E-state index contributed by atoms with van der Waals surface area (Å²) >= 11 is 0. The molecule has 1 saturated carbocycles. The SMILES string of the molecule is COC(OC)C1[C@@H]2[C@H]3OC[C@H]2[C@@H]2CO[C@H](O3)[C@H]12. The highest BCUT2D eigenvalue weighted by Crippen LogP contribution is 2.61. The Morgan fingerprint density at radius 1 is 0.941 bits per heavy atom. The van der Waals surface area contributed by atoms with Crippen molar-refractivity contribution in [3.63, 3.8) is 0 Å². The second kappa shape index (κ2) is 3.65. The van der Waals surface area contributed by atoms with E-state index in [2.05, 4.69) is 0 Å². The Balaban J connectivity index is 1.73. The minimum Gasteiger partial charge on any atom is -0.356 e. The smallest absolute Gasteiger partial charge is 0.164 e. The molecule has 4 fully saturated rings. The number of hydrogen-bond acceptors (Lipinski definition) is 5. The van der Waals surface area contributed by atoms with Gasteiger partial charge in [-0.3, -0.25) is 0 Å². The molecule has 7 atom stereocenters. The second-order valence-electron chi connectivity index (χ2n) is 5.44. The van der Waals surface area contributed by atoms with Crippen molar-refractivity contribution in [1.82, 2.24) is 0 Å². The molecule has 3 heterocycles. The van der Waals surface area contributed by atoms with E-state index >= 15 is 0 Å². The Bertz CT molecular complexity index is 294. The van der Waals surface area contributed by atoms with Crippen LogP contribution in [-0.4, -0.2) is 46.3 Å². The second-order valence-corrected chi connectivity index (χ2v) is 5.44. The third-order valence-electron chi connectivity index (χ3n) is 5.01. The number of rotatable bonds is 3. The molecule has 3 saturated heterocycles. The molecule has 17 heavy (non-hydrogen) atoms. The van der Waals surface area contributed by atoms with E-state index in [0.717, 1.165) is 13.2 Å². The van der Waals surface area contributed by atoms with E-state index in [-0.39, 0.29) is 18.9 Å². The van der Waals surface area contributed by atoms with Crippen molar-refractivity contribution in [3.8, 4) is 0 Å². The Kier molecular flexibility index (Phi) is 2.30. The normalized spacial score (nSPS) is 54.9. The highest BCUT2D eigenvalue weighted by atomic mass is 16.8. The van der Waals surface area contributed by atoms with Gasteiger partial charge in [0.1, 0.15) is 0 Å². The Morgan fingerprint density at radius 2 is 1.47 bits per heavy atom. The first kappa shape index (κ1) is 10.7. The highest BCUT2D eigenvalue weighted by Gasteiger charge is 2.68. The summed E-state index contributed by atoms with van der Waals surface area (Å²) in [5.41, 5.74) is 0. The predicted molar refractivity (Wildman–Crippen MR) is 55.8 cm³/mol. The molecule has 96 valence electrons. The van der Waals surface area contributed by atoms with Crippen LogP contribution in [0.15, 0.2) is 0 Å². The van der Waals surface area contributed by atoms with Crippen LogP contribution in [0.2, 0.25) is 0 Å². The van der Waals surface area contributed by atoms with Crippen molar-refractivity contribution < 1.29 is 23.7 Å². The molecule has 0 radical (unpaired) electrons. The van der Waals surface area contributed by atoms with Crippen LogP contribution in [0.3, 0.4) is 0 Å². The van der Waals surface area contributed by atoms with Crippen LogP contribution >= 0.6 is 0 Å². The first-order valence-electron chi connectivity index (χ1n) is 6.29. The van der Waals surface area contributed by atoms with Crippen LogP contribution in [0.5, 0.6) is 0 Å². The maximum absolute atomic E-state index is 5.87. The minimum absolute atomic E-state index is 0.121. The molecule has 5 heteroatoms. The lowest BCUT2D eigenvalue weighted by atomic mass is 9.84.